The number of aromatic amines is 1. The Morgan fingerprint density at radius 3 is 2.93 bits per heavy atom. The summed E-state index contributed by atoms with van der Waals surface area (Å²) in [7, 11) is 0. The molecule has 0 aliphatic carbocycles. The van der Waals surface area contributed by atoms with Crippen LogP contribution in [0.5, 0.6) is 0 Å². The first-order valence-corrected chi connectivity index (χ1v) is 4.51. The Labute approximate surface area is 81.4 Å². The minimum Gasteiger partial charge on any atom is -0.337 e. The normalized spacial score (nSPS) is 10.0. The number of amides is 2. The number of aryl methyl sites for hydroxylation is 1. The third-order valence-corrected chi connectivity index (χ3v) is 1.75. The van der Waals surface area contributed by atoms with Gasteiger partial charge >= 0.3 is 6.03 Å². The number of nitrogens with zero attached hydrogens (tertiary/aromatic N) is 3. The smallest absolute Gasteiger partial charge is 0.333 e. The molecule has 0 fully saturated rings. The topological polar surface area (TPSA) is 107 Å². The van der Waals surface area contributed by atoms with Gasteiger partial charge in [0.2, 0.25) is 0 Å². The van der Waals surface area contributed by atoms with E-state index in [-0.39, 0.29) is 0 Å². The van der Waals surface area contributed by atoms with Crippen LogP contribution in [0.25, 0.3) is 0 Å². The molecule has 14 heavy (non-hydrogen) atoms. The molecule has 0 spiro atoms. The summed E-state index contributed by atoms with van der Waals surface area (Å²) in [5, 5.41) is 15.9. The Morgan fingerprint density at radius 2 is 2.29 bits per heavy atom. The third-order valence-electron chi connectivity index (χ3n) is 1.75. The molecule has 0 unspecified atom stereocenters. The van der Waals surface area contributed by atoms with Gasteiger partial charge in [0.25, 0.3) is 0 Å². The van der Waals surface area contributed by atoms with E-state index in [0.29, 0.717) is 6.54 Å². The Hall–Kier alpha value is -1.66. The summed E-state index contributed by atoms with van der Waals surface area (Å²) < 4.78 is 0. The Morgan fingerprint density at radius 1 is 1.43 bits per heavy atom. The van der Waals surface area contributed by atoms with Crippen LogP contribution in [0.4, 0.5) is 4.79 Å². The van der Waals surface area contributed by atoms with Gasteiger partial charge in [-0.05, 0) is 12.8 Å². The van der Waals surface area contributed by atoms with Gasteiger partial charge in [-0.25, -0.2) is 10.5 Å². The molecule has 3 N–H and O–H groups in total. The fraction of sp³-hybridized carbons (Fsp3) is 0.714. The first-order chi connectivity index (χ1) is 6.79. The van der Waals surface area contributed by atoms with Crippen LogP contribution >= 0.6 is 0 Å². The highest BCUT2D eigenvalue weighted by Gasteiger charge is 1.97. The van der Waals surface area contributed by atoms with Crippen LogP contribution in [0.3, 0.4) is 0 Å². The summed E-state index contributed by atoms with van der Waals surface area (Å²) in [6.07, 6.45) is 3.62. The number of urea groups is 1. The van der Waals surface area contributed by atoms with E-state index >= 15 is 0 Å². The predicted octanol–water partition coefficient (Wildman–Crippen LogP) is -0.0950. The molecule has 1 aromatic rings. The lowest BCUT2D eigenvalue weighted by atomic mass is 10.2. The minimum absolute atomic E-state index is 0.564. The fourth-order valence-electron chi connectivity index (χ4n) is 1.08. The van der Waals surface area contributed by atoms with Gasteiger partial charge in [-0.3, -0.25) is 0 Å². The summed E-state index contributed by atoms with van der Waals surface area (Å²) in [5.74, 6) is 0.717. The van der Waals surface area contributed by atoms with Gasteiger partial charge in [-0.2, -0.15) is 5.21 Å². The van der Waals surface area contributed by atoms with Crippen LogP contribution in [0.1, 0.15) is 25.1 Å². The summed E-state index contributed by atoms with van der Waals surface area (Å²) in [4.78, 5) is 10.2. The monoisotopic (exact) mass is 197 g/mol. The molecule has 0 saturated carbocycles. The van der Waals surface area contributed by atoms with Crippen molar-refractivity contribution in [2.24, 2.45) is 0 Å². The highest BCUT2D eigenvalue weighted by atomic mass is 16.2. The minimum atomic E-state index is -0.719. The molecule has 1 radical (unpaired) electrons. The van der Waals surface area contributed by atoms with E-state index in [4.69, 9.17) is 5.73 Å². The standard InChI is InChI=1S/C7H13N6O/c8-7(14)9-5-3-1-2-4-6-10-12-13-11-6/h8H,1-5H2,(H,9,14)(H,10,11,12,13). The number of hydrogen-bond donors (Lipinski definition) is 2. The van der Waals surface area contributed by atoms with Gasteiger partial charge in [0.1, 0.15) is 0 Å². The van der Waals surface area contributed by atoms with Crippen LogP contribution < -0.4 is 11.1 Å². The SMILES string of the molecule is [NH]C(=O)NCCCCCc1nn[nH]n1. The number of hydrogen-bond acceptors (Lipinski definition) is 4. The molecule has 1 heterocycles. The van der Waals surface area contributed by atoms with E-state index in [0.717, 1.165) is 31.5 Å². The first-order valence-electron chi connectivity index (χ1n) is 4.51. The zero-order chi connectivity index (χ0) is 10.2. The van der Waals surface area contributed by atoms with Gasteiger partial charge in [-0.15, -0.1) is 10.2 Å². The lowest BCUT2D eigenvalue weighted by Gasteiger charge is -1.99. The van der Waals surface area contributed by atoms with E-state index in [9.17, 15) is 4.79 Å². The van der Waals surface area contributed by atoms with Crippen molar-refractivity contribution >= 4 is 6.03 Å². The number of H-pyrrole nitrogens is 1. The molecule has 0 aromatic carbocycles. The zero-order valence-corrected chi connectivity index (χ0v) is 7.79. The molecule has 77 valence electrons. The Bertz CT molecular complexity index is 259. The second-order valence-electron chi connectivity index (χ2n) is 2.89. The lowest BCUT2D eigenvalue weighted by Crippen LogP contribution is -2.23. The van der Waals surface area contributed by atoms with E-state index in [1.54, 1.807) is 0 Å². The van der Waals surface area contributed by atoms with Crippen LogP contribution in [0.15, 0.2) is 0 Å². The number of carbonyl (C=O) groups excluding carboxylic acids is 1. The third kappa shape index (κ3) is 4.39. The molecule has 2 amide bonds. The van der Waals surface area contributed by atoms with Gasteiger partial charge < -0.3 is 5.32 Å². The van der Waals surface area contributed by atoms with Crippen molar-refractivity contribution in [3.05, 3.63) is 5.82 Å². The number of aromatic nitrogens is 4. The molecular formula is C7H13N6O. The maximum absolute atomic E-state index is 10.2. The maximum atomic E-state index is 10.2. The van der Waals surface area contributed by atoms with Crippen molar-refractivity contribution in [2.75, 3.05) is 6.54 Å². The second-order valence-corrected chi connectivity index (χ2v) is 2.89. The van der Waals surface area contributed by atoms with Crippen molar-refractivity contribution in [3.8, 4) is 0 Å². The molecule has 0 saturated heterocycles. The highest BCUT2D eigenvalue weighted by molar-refractivity contribution is 5.70. The Balaban J connectivity index is 1.92. The van der Waals surface area contributed by atoms with Crippen molar-refractivity contribution in [2.45, 2.75) is 25.7 Å². The highest BCUT2D eigenvalue weighted by Crippen LogP contribution is 1.99. The van der Waals surface area contributed by atoms with Gasteiger partial charge in [0.05, 0.1) is 0 Å². The molecule has 0 bridgehead atoms. The van der Waals surface area contributed by atoms with Crippen molar-refractivity contribution < 1.29 is 4.79 Å². The quantitative estimate of drug-likeness (QED) is 0.621. The van der Waals surface area contributed by atoms with E-state index in [1.807, 2.05) is 0 Å². The van der Waals surface area contributed by atoms with Crippen LogP contribution in [-0.4, -0.2) is 33.2 Å². The number of rotatable bonds is 6. The summed E-state index contributed by atoms with van der Waals surface area (Å²) >= 11 is 0. The van der Waals surface area contributed by atoms with E-state index in [1.165, 1.54) is 0 Å². The second kappa shape index (κ2) is 5.90. The van der Waals surface area contributed by atoms with Crippen LogP contribution in [-0.2, 0) is 6.42 Å². The average Bonchev–Trinajstić information content (AvgIpc) is 2.63. The molecule has 0 atom stereocenters. The molecule has 1 aromatic heterocycles. The van der Waals surface area contributed by atoms with Crippen LogP contribution in [0, 0.1) is 0 Å². The summed E-state index contributed by atoms with van der Waals surface area (Å²) in [6, 6.07) is -0.719. The molecule has 1 rings (SSSR count). The number of tetrazole rings is 1. The number of unbranched alkanes of at least 4 members (excludes halogenated alkanes) is 2. The average molecular weight is 197 g/mol. The molecule has 0 aliphatic heterocycles. The number of nitrogens with one attached hydrogen (secondary N) is 3. The van der Waals surface area contributed by atoms with Crippen LogP contribution in [0.2, 0.25) is 0 Å². The van der Waals surface area contributed by atoms with Crippen molar-refractivity contribution in [1.82, 2.24) is 31.7 Å². The fourth-order valence-corrected chi connectivity index (χ4v) is 1.08. The Kier molecular flexibility index (Phi) is 4.39. The van der Waals surface area contributed by atoms with Crippen molar-refractivity contribution in [3.63, 3.8) is 0 Å². The van der Waals surface area contributed by atoms with Gasteiger partial charge in [0.15, 0.2) is 5.82 Å². The van der Waals surface area contributed by atoms with Gasteiger partial charge in [0, 0.05) is 13.0 Å². The predicted molar refractivity (Wildman–Crippen MR) is 48.2 cm³/mol. The molecule has 0 aliphatic rings. The number of carbonyl (C=O) groups is 1. The molecular weight excluding hydrogens is 184 g/mol. The first kappa shape index (κ1) is 10.4. The molecule has 7 nitrogen and oxygen atoms in total. The maximum Gasteiger partial charge on any atom is 0.333 e. The van der Waals surface area contributed by atoms with Gasteiger partial charge in [-0.1, -0.05) is 11.6 Å². The summed E-state index contributed by atoms with van der Waals surface area (Å²) in [5.41, 5.74) is 6.59. The molecule has 7 heteroatoms. The van der Waals surface area contributed by atoms with E-state index in [2.05, 4.69) is 25.9 Å². The van der Waals surface area contributed by atoms with Crippen molar-refractivity contribution in [1.29, 1.82) is 0 Å². The lowest BCUT2D eigenvalue weighted by molar-refractivity contribution is 0.247. The largest absolute Gasteiger partial charge is 0.337 e. The van der Waals surface area contributed by atoms with E-state index < -0.39 is 6.03 Å². The summed E-state index contributed by atoms with van der Waals surface area (Å²) in [6.45, 7) is 0.564. The zero-order valence-electron chi connectivity index (χ0n) is 7.79.